The van der Waals surface area contributed by atoms with Gasteiger partial charge in [0.15, 0.2) is 0 Å². The molecule has 0 aliphatic carbocycles. The van der Waals surface area contributed by atoms with Gasteiger partial charge in [-0.05, 0) is 52.0 Å². The molecule has 0 bridgehead atoms. The fourth-order valence-corrected chi connectivity index (χ4v) is 5.51. The molecule has 12 heteroatoms. The van der Waals surface area contributed by atoms with E-state index in [1.807, 2.05) is 0 Å². The van der Waals surface area contributed by atoms with Crippen molar-refractivity contribution in [2.75, 3.05) is 9.44 Å². The largest absolute Gasteiger partial charge is 0.280 e. The van der Waals surface area contributed by atoms with Crippen LogP contribution in [0.15, 0.2) is 40.1 Å². The maximum absolute atomic E-state index is 12.7. The Bertz CT molecular complexity index is 1290. The van der Waals surface area contributed by atoms with E-state index in [1.54, 1.807) is 34.7 Å². The van der Waals surface area contributed by atoms with Crippen LogP contribution in [0.25, 0.3) is 0 Å². The lowest BCUT2D eigenvalue weighted by molar-refractivity contribution is 0.599. The second-order valence-electron chi connectivity index (χ2n) is 6.80. The lowest BCUT2D eigenvalue weighted by atomic mass is 10.3. The molecule has 0 aliphatic rings. The van der Waals surface area contributed by atoms with Crippen molar-refractivity contribution >= 4 is 31.6 Å². The Hall–Kier alpha value is -2.99. The van der Waals surface area contributed by atoms with Crippen LogP contribution in [0.3, 0.4) is 0 Å². The van der Waals surface area contributed by atoms with Gasteiger partial charge >= 0.3 is 0 Å². The van der Waals surface area contributed by atoms with Crippen molar-refractivity contribution in [3.8, 4) is 0 Å². The van der Waals surface area contributed by atoms with Gasteiger partial charge in [0.2, 0.25) is 0 Å². The summed E-state index contributed by atoms with van der Waals surface area (Å²) < 4.78 is 57.0. The van der Waals surface area contributed by atoms with Crippen LogP contribution >= 0.6 is 0 Å². The van der Waals surface area contributed by atoms with E-state index in [2.05, 4.69) is 24.5 Å². The predicted molar refractivity (Wildman–Crippen MR) is 112 cm³/mol. The summed E-state index contributed by atoms with van der Waals surface area (Å²) in [4.78, 5) is 8.23. The van der Waals surface area contributed by atoms with Crippen molar-refractivity contribution < 1.29 is 16.8 Å². The standard InChI is InChI=1S/C18H22N6O4S2/c1-11-10-17(20-14(4)19-11)23-29(25,26)16-8-6-15(7-9-16)22-30(27,28)18-12(2)21-24(5)13(18)3/h6-10,22H,1-5H3,(H,19,20,23). The summed E-state index contributed by atoms with van der Waals surface area (Å²) in [7, 11) is -6.11. The Morgan fingerprint density at radius 1 is 0.867 bits per heavy atom. The van der Waals surface area contributed by atoms with Gasteiger partial charge in [-0.1, -0.05) is 0 Å². The molecule has 0 saturated carbocycles. The third-order valence-corrected chi connectivity index (χ3v) is 7.34. The zero-order valence-electron chi connectivity index (χ0n) is 17.1. The van der Waals surface area contributed by atoms with E-state index in [4.69, 9.17) is 0 Å². The average molecular weight is 451 g/mol. The number of hydrogen-bond donors (Lipinski definition) is 2. The summed E-state index contributed by atoms with van der Waals surface area (Å²) in [5.41, 5.74) is 1.73. The summed E-state index contributed by atoms with van der Waals surface area (Å²) >= 11 is 0. The molecule has 3 rings (SSSR count). The fraction of sp³-hybridized carbons (Fsp3) is 0.278. The smallest absolute Gasteiger partial charge is 0.265 e. The average Bonchev–Trinajstić information content (AvgIpc) is 2.86. The topological polar surface area (TPSA) is 136 Å². The molecule has 2 aromatic heterocycles. The first-order valence-corrected chi connectivity index (χ1v) is 11.8. The van der Waals surface area contributed by atoms with E-state index in [1.165, 1.54) is 35.0 Å². The lowest BCUT2D eigenvalue weighted by Crippen LogP contribution is -2.16. The molecular weight excluding hydrogens is 428 g/mol. The van der Waals surface area contributed by atoms with E-state index < -0.39 is 20.0 Å². The number of rotatable bonds is 6. The van der Waals surface area contributed by atoms with E-state index in [0.717, 1.165) is 0 Å². The van der Waals surface area contributed by atoms with Crippen molar-refractivity contribution in [2.24, 2.45) is 7.05 Å². The maximum atomic E-state index is 12.7. The Labute approximate surface area is 175 Å². The van der Waals surface area contributed by atoms with Gasteiger partial charge in [0.1, 0.15) is 16.5 Å². The molecule has 0 atom stereocenters. The Morgan fingerprint density at radius 2 is 1.50 bits per heavy atom. The number of aromatic nitrogens is 4. The van der Waals surface area contributed by atoms with Crippen LogP contribution in [0.4, 0.5) is 11.5 Å². The zero-order chi connectivity index (χ0) is 22.3. The number of anilines is 2. The highest BCUT2D eigenvalue weighted by molar-refractivity contribution is 7.93. The van der Waals surface area contributed by atoms with Crippen LogP contribution in [0.1, 0.15) is 22.9 Å². The summed E-state index contributed by atoms with van der Waals surface area (Å²) in [6.07, 6.45) is 0. The molecule has 0 aliphatic heterocycles. The van der Waals surface area contributed by atoms with Gasteiger partial charge in [-0.25, -0.2) is 26.8 Å². The van der Waals surface area contributed by atoms with E-state index in [-0.39, 0.29) is 21.3 Å². The highest BCUT2D eigenvalue weighted by Gasteiger charge is 2.24. The minimum atomic E-state index is -3.90. The van der Waals surface area contributed by atoms with Crippen LogP contribution in [-0.4, -0.2) is 36.6 Å². The second kappa shape index (κ2) is 7.69. The molecule has 3 aromatic rings. The van der Waals surface area contributed by atoms with Crippen LogP contribution in [-0.2, 0) is 27.1 Å². The van der Waals surface area contributed by atoms with Gasteiger partial charge in [-0.3, -0.25) is 14.1 Å². The predicted octanol–water partition coefficient (Wildman–Crippen LogP) is 2.05. The summed E-state index contributed by atoms with van der Waals surface area (Å²) in [5.74, 6) is 0.603. The van der Waals surface area contributed by atoms with E-state index >= 15 is 0 Å². The highest BCUT2D eigenvalue weighted by atomic mass is 32.2. The number of nitrogens with zero attached hydrogens (tertiary/aromatic N) is 4. The minimum Gasteiger partial charge on any atom is -0.280 e. The van der Waals surface area contributed by atoms with Gasteiger partial charge < -0.3 is 0 Å². The van der Waals surface area contributed by atoms with Crippen molar-refractivity contribution in [1.29, 1.82) is 0 Å². The van der Waals surface area contributed by atoms with Crippen LogP contribution in [0.5, 0.6) is 0 Å². The molecule has 0 spiro atoms. The van der Waals surface area contributed by atoms with Crippen LogP contribution < -0.4 is 9.44 Å². The van der Waals surface area contributed by atoms with Crippen LogP contribution in [0, 0.1) is 27.7 Å². The SMILES string of the molecule is Cc1cc(NS(=O)(=O)c2ccc(NS(=O)(=O)c3c(C)nn(C)c3C)cc2)nc(C)n1. The quantitative estimate of drug-likeness (QED) is 0.586. The lowest BCUT2D eigenvalue weighted by Gasteiger charge is -2.11. The third-order valence-electron chi connectivity index (χ3n) is 4.33. The molecule has 30 heavy (non-hydrogen) atoms. The van der Waals surface area contributed by atoms with Gasteiger partial charge in [-0.15, -0.1) is 0 Å². The molecule has 160 valence electrons. The number of hydrogen-bond acceptors (Lipinski definition) is 7. The zero-order valence-corrected chi connectivity index (χ0v) is 18.8. The van der Waals surface area contributed by atoms with Crippen LogP contribution in [0.2, 0.25) is 0 Å². The normalized spacial score (nSPS) is 12.0. The number of sulfonamides is 2. The van der Waals surface area contributed by atoms with Crippen molar-refractivity contribution in [3.05, 3.63) is 53.2 Å². The Morgan fingerprint density at radius 3 is 2.03 bits per heavy atom. The molecule has 2 N–H and O–H groups in total. The van der Waals surface area contributed by atoms with Gasteiger partial charge in [0.25, 0.3) is 20.0 Å². The monoisotopic (exact) mass is 450 g/mol. The second-order valence-corrected chi connectivity index (χ2v) is 10.1. The number of benzene rings is 1. The summed E-state index contributed by atoms with van der Waals surface area (Å²) in [6.45, 7) is 6.67. The molecule has 0 saturated heterocycles. The number of nitrogens with one attached hydrogen (secondary N) is 2. The van der Waals surface area contributed by atoms with E-state index in [9.17, 15) is 16.8 Å². The Kier molecular flexibility index (Phi) is 5.56. The molecule has 10 nitrogen and oxygen atoms in total. The molecule has 1 aromatic carbocycles. The molecule has 0 unspecified atom stereocenters. The first-order valence-electron chi connectivity index (χ1n) is 8.87. The Balaban J connectivity index is 1.83. The molecule has 0 amide bonds. The van der Waals surface area contributed by atoms with Crippen molar-refractivity contribution in [2.45, 2.75) is 37.5 Å². The van der Waals surface area contributed by atoms with Gasteiger partial charge in [-0.2, -0.15) is 5.10 Å². The van der Waals surface area contributed by atoms with Gasteiger partial charge in [0, 0.05) is 24.5 Å². The van der Waals surface area contributed by atoms with Crippen molar-refractivity contribution in [1.82, 2.24) is 19.7 Å². The van der Waals surface area contributed by atoms with Gasteiger partial charge in [0.05, 0.1) is 16.3 Å². The fourth-order valence-electron chi connectivity index (χ4n) is 3.02. The molecule has 0 radical (unpaired) electrons. The molecular formula is C18H22N6O4S2. The maximum Gasteiger partial charge on any atom is 0.265 e. The summed E-state index contributed by atoms with van der Waals surface area (Å²) in [6, 6.07) is 6.90. The molecule has 2 heterocycles. The number of aryl methyl sites for hydroxylation is 4. The minimum absolute atomic E-state index is 0.0342. The first kappa shape index (κ1) is 21.7. The van der Waals surface area contributed by atoms with E-state index in [0.29, 0.717) is 22.9 Å². The molecule has 0 fully saturated rings. The first-order chi connectivity index (χ1) is 13.9. The summed E-state index contributed by atoms with van der Waals surface area (Å²) in [5, 5.41) is 4.12. The van der Waals surface area contributed by atoms with Crippen molar-refractivity contribution in [3.63, 3.8) is 0 Å². The third kappa shape index (κ3) is 4.44. The highest BCUT2D eigenvalue weighted by Crippen LogP contribution is 2.23.